The van der Waals surface area contributed by atoms with E-state index >= 15 is 0 Å². The van der Waals surface area contributed by atoms with Crippen LogP contribution in [0.4, 0.5) is 5.69 Å². The van der Waals surface area contributed by atoms with Gasteiger partial charge in [-0.05, 0) is 30.2 Å². The fourth-order valence-electron chi connectivity index (χ4n) is 2.57. The van der Waals surface area contributed by atoms with Gasteiger partial charge in [-0.3, -0.25) is 9.59 Å². The minimum Gasteiger partial charge on any atom is -0.505 e. The van der Waals surface area contributed by atoms with E-state index in [0.29, 0.717) is 35.5 Å². The van der Waals surface area contributed by atoms with Crippen LogP contribution in [0.3, 0.4) is 0 Å². The van der Waals surface area contributed by atoms with Crippen LogP contribution in [0.2, 0.25) is 0 Å². The molecule has 0 bridgehead atoms. The lowest BCUT2D eigenvalue weighted by Gasteiger charge is -2.25. The summed E-state index contributed by atoms with van der Waals surface area (Å²) in [6.45, 7) is 6.34. The first kappa shape index (κ1) is 25.2. The Morgan fingerprint density at radius 1 is 1.19 bits per heavy atom. The highest BCUT2D eigenvalue weighted by molar-refractivity contribution is 6.06. The Balaban J connectivity index is 0.000000605. The van der Waals surface area contributed by atoms with E-state index in [2.05, 4.69) is 10.6 Å². The summed E-state index contributed by atoms with van der Waals surface area (Å²) in [4.78, 5) is 22.8. The molecule has 1 amide bonds. The predicted molar refractivity (Wildman–Crippen MR) is 122 cm³/mol. The Bertz CT molecular complexity index is 961. The van der Waals surface area contributed by atoms with Crippen molar-refractivity contribution in [1.29, 1.82) is 5.26 Å². The number of phenolic OH excluding ortho intramolecular Hbond substituents is 1. The van der Waals surface area contributed by atoms with Gasteiger partial charge < -0.3 is 20.6 Å². The Labute approximate surface area is 184 Å². The third-order valence-electron chi connectivity index (χ3n) is 4.17. The van der Waals surface area contributed by atoms with E-state index in [1.165, 1.54) is 11.0 Å². The van der Waals surface area contributed by atoms with Gasteiger partial charge in [0.15, 0.2) is 5.78 Å². The number of nitriles is 1. The van der Waals surface area contributed by atoms with Gasteiger partial charge in [-0.1, -0.05) is 44.2 Å². The number of Topliss-reactive ketones (excluding diaryl/α,β-unsaturated/α-hetero) is 1. The molecule has 7 heteroatoms. The van der Waals surface area contributed by atoms with Crippen LogP contribution >= 0.6 is 0 Å². The van der Waals surface area contributed by atoms with Crippen molar-refractivity contribution in [2.45, 2.75) is 33.7 Å². The molecular weight excluding hydrogens is 392 g/mol. The molecule has 0 atom stereocenters. The molecule has 0 spiro atoms. The molecule has 2 aromatic carbocycles. The van der Waals surface area contributed by atoms with Crippen LogP contribution in [0.5, 0.6) is 5.75 Å². The van der Waals surface area contributed by atoms with E-state index in [0.717, 1.165) is 17.7 Å². The lowest BCUT2D eigenvalue weighted by molar-refractivity contribution is -0.117. The molecule has 0 fully saturated rings. The highest BCUT2D eigenvalue weighted by Gasteiger charge is 2.28. The van der Waals surface area contributed by atoms with Gasteiger partial charge >= 0.3 is 0 Å². The number of phenols is 1. The molecule has 3 rings (SSSR count). The van der Waals surface area contributed by atoms with E-state index in [1.807, 2.05) is 50.2 Å². The molecule has 1 aliphatic carbocycles. The first-order chi connectivity index (χ1) is 14.8. The first-order valence-electron chi connectivity index (χ1n) is 10.0. The molecule has 164 valence electrons. The van der Waals surface area contributed by atoms with Gasteiger partial charge in [0.2, 0.25) is 6.41 Å². The fraction of sp³-hybridized carbons (Fsp3) is 0.292. The smallest absolute Gasteiger partial charge is 0.209 e. The van der Waals surface area contributed by atoms with Gasteiger partial charge in [-0.15, -0.1) is 0 Å². The van der Waals surface area contributed by atoms with E-state index in [9.17, 15) is 14.7 Å². The number of aromatic hydroxyl groups is 1. The van der Waals surface area contributed by atoms with Crippen molar-refractivity contribution in [3.63, 3.8) is 0 Å². The molecule has 0 radical (unpaired) electrons. The zero-order chi connectivity index (χ0) is 23.4. The molecule has 0 saturated carbocycles. The van der Waals surface area contributed by atoms with Crippen molar-refractivity contribution in [3.8, 4) is 11.8 Å². The topological polar surface area (TPSA) is 105 Å². The molecule has 7 nitrogen and oxygen atoms in total. The zero-order valence-corrected chi connectivity index (χ0v) is 18.7. The summed E-state index contributed by atoms with van der Waals surface area (Å²) in [6, 6.07) is 15.1. The minimum atomic E-state index is -0.0232. The summed E-state index contributed by atoms with van der Waals surface area (Å²) in [5.41, 5.74) is 3.75. The van der Waals surface area contributed by atoms with Crippen molar-refractivity contribution < 1.29 is 14.7 Å². The maximum Gasteiger partial charge on any atom is 0.209 e. The van der Waals surface area contributed by atoms with Gasteiger partial charge in [-0.25, -0.2) is 0 Å². The quantitative estimate of drug-likeness (QED) is 0.484. The fourth-order valence-corrected chi connectivity index (χ4v) is 2.57. The number of aryl methyl sites for hydroxylation is 1. The molecule has 2 aromatic rings. The van der Waals surface area contributed by atoms with Gasteiger partial charge in [0.05, 0.1) is 23.7 Å². The van der Waals surface area contributed by atoms with Crippen LogP contribution in [0.15, 0.2) is 53.9 Å². The predicted octanol–water partition coefficient (Wildman–Crippen LogP) is 3.69. The molecule has 0 heterocycles. The number of amides is 1. The number of carbonyl (C=O) groups is 2. The number of anilines is 1. The number of nitrogens with zero attached hydrogens (tertiary/aromatic N) is 2. The Morgan fingerprint density at radius 2 is 1.81 bits per heavy atom. The minimum absolute atomic E-state index is 0.0232. The maximum atomic E-state index is 11.9. The summed E-state index contributed by atoms with van der Waals surface area (Å²) in [5.74, 6) is 0.0218. The molecule has 0 aliphatic heterocycles. The van der Waals surface area contributed by atoms with Gasteiger partial charge in [0, 0.05) is 26.3 Å². The average molecular weight is 423 g/mol. The Kier molecular flexibility index (Phi) is 10.3. The van der Waals surface area contributed by atoms with Crippen molar-refractivity contribution in [2.75, 3.05) is 19.4 Å². The highest BCUT2D eigenvalue weighted by Crippen LogP contribution is 2.32. The number of ketones is 1. The van der Waals surface area contributed by atoms with E-state index in [1.54, 1.807) is 27.1 Å². The molecule has 1 aliphatic rings. The molecule has 31 heavy (non-hydrogen) atoms. The molecular formula is C24H30N4O3. The second-order valence-corrected chi connectivity index (χ2v) is 6.79. The summed E-state index contributed by atoms with van der Waals surface area (Å²) in [6.07, 6.45) is 1.09. The summed E-state index contributed by atoms with van der Waals surface area (Å²) in [7, 11) is 3.38. The summed E-state index contributed by atoms with van der Waals surface area (Å²) < 4.78 is 0. The van der Waals surface area contributed by atoms with Gasteiger partial charge in [0.1, 0.15) is 11.4 Å². The normalized spacial score (nSPS) is 11.5. The second kappa shape index (κ2) is 12.7. The summed E-state index contributed by atoms with van der Waals surface area (Å²) in [5, 5.41) is 25.4. The van der Waals surface area contributed by atoms with Crippen molar-refractivity contribution in [1.82, 2.24) is 10.2 Å². The van der Waals surface area contributed by atoms with Crippen LogP contribution in [0.1, 0.15) is 37.0 Å². The monoisotopic (exact) mass is 422 g/mol. The first-order valence-corrected chi connectivity index (χ1v) is 10.0. The van der Waals surface area contributed by atoms with E-state index in [4.69, 9.17) is 5.26 Å². The standard InChI is InChI=1S/C19H17N3O2.C3H7NO.C2H6/c1-12-7-14(10-20)8-16(19(12)24)22-18-15(9-17(18)23)21-11-13-5-3-2-4-6-13;1-4(2)3-5;1-2/h2-8,21-22,24H,9,11H2,1H3;3H,1-2H3;1-2H3. The third-order valence-corrected chi connectivity index (χ3v) is 4.17. The second-order valence-electron chi connectivity index (χ2n) is 6.79. The van der Waals surface area contributed by atoms with Gasteiger partial charge in [-0.2, -0.15) is 5.26 Å². The number of hydrogen-bond acceptors (Lipinski definition) is 6. The Morgan fingerprint density at radius 3 is 2.32 bits per heavy atom. The van der Waals surface area contributed by atoms with Crippen molar-refractivity contribution >= 4 is 17.9 Å². The SMILES string of the molecule is CC.CN(C)C=O.Cc1cc(C#N)cc(NC2=C(NCc3ccccc3)CC2=O)c1O. The van der Waals surface area contributed by atoms with Crippen LogP contribution in [-0.2, 0) is 16.1 Å². The van der Waals surface area contributed by atoms with Crippen molar-refractivity contribution in [2.24, 2.45) is 0 Å². The highest BCUT2D eigenvalue weighted by atomic mass is 16.3. The largest absolute Gasteiger partial charge is 0.505 e. The van der Waals surface area contributed by atoms with E-state index in [-0.39, 0.29) is 11.5 Å². The molecule has 3 N–H and O–H groups in total. The van der Waals surface area contributed by atoms with Crippen molar-refractivity contribution in [3.05, 3.63) is 70.5 Å². The molecule has 0 unspecified atom stereocenters. The maximum absolute atomic E-state index is 11.9. The summed E-state index contributed by atoms with van der Waals surface area (Å²) >= 11 is 0. The molecule has 0 aromatic heterocycles. The number of hydrogen-bond donors (Lipinski definition) is 3. The van der Waals surface area contributed by atoms with Crippen LogP contribution < -0.4 is 10.6 Å². The number of carbonyl (C=O) groups excluding carboxylic acids is 2. The third kappa shape index (κ3) is 7.52. The van der Waals surface area contributed by atoms with Gasteiger partial charge in [0.25, 0.3) is 0 Å². The Hall–Kier alpha value is -3.79. The lowest BCUT2D eigenvalue weighted by atomic mass is 9.97. The number of nitrogens with one attached hydrogen (secondary N) is 2. The average Bonchev–Trinajstić information content (AvgIpc) is 2.79. The number of benzene rings is 2. The van der Waals surface area contributed by atoms with Crippen LogP contribution in [-0.4, -0.2) is 36.3 Å². The van der Waals surface area contributed by atoms with Crippen LogP contribution in [0, 0.1) is 18.3 Å². The number of allylic oxidation sites excluding steroid dienone is 2. The number of rotatable bonds is 6. The lowest BCUT2D eigenvalue weighted by Crippen LogP contribution is -2.32. The molecule has 0 saturated heterocycles. The zero-order valence-electron chi connectivity index (χ0n) is 18.7. The van der Waals surface area contributed by atoms with E-state index < -0.39 is 0 Å². The van der Waals surface area contributed by atoms with Crippen LogP contribution in [0.25, 0.3) is 0 Å².